The Morgan fingerprint density at radius 3 is 2.29 bits per heavy atom. The van der Waals surface area contributed by atoms with E-state index in [2.05, 4.69) is 5.32 Å². The summed E-state index contributed by atoms with van der Waals surface area (Å²) >= 11 is 6.11. The molecule has 1 N–H and O–H groups in total. The third-order valence-electron chi connectivity index (χ3n) is 5.56. The Bertz CT molecular complexity index is 1300. The van der Waals surface area contributed by atoms with Crippen molar-refractivity contribution >= 4 is 39.1 Å². The summed E-state index contributed by atoms with van der Waals surface area (Å²) in [5, 5.41) is 3.05. The number of nitrogens with zero attached hydrogens (tertiary/aromatic N) is 2. The lowest BCUT2D eigenvalue weighted by Gasteiger charge is -2.32. The van der Waals surface area contributed by atoms with Crippen LogP contribution in [0.3, 0.4) is 0 Å². The zero-order valence-electron chi connectivity index (χ0n) is 19.8. The highest BCUT2D eigenvalue weighted by atomic mass is 35.5. The monoisotopic (exact) mass is 513 g/mol. The van der Waals surface area contributed by atoms with Crippen LogP contribution < -0.4 is 9.62 Å². The predicted molar refractivity (Wildman–Crippen MR) is 138 cm³/mol. The number of rotatable bonds is 9. The van der Waals surface area contributed by atoms with Gasteiger partial charge in [-0.3, -0.25) is 13.9 Å². The number of anilines is 1. The Morgan fingerprint density at radius 1 is 0.971 bits per heavy atom. The molecule has 35 heavy (non-hydrogen) atoms. The van der Waals surface area contributed by atoms with E-state index in [1.807, 2.05) is 13.0 Å². The van der Waals surface area contributed by atoms with Crippen molar-refractivity contribution in [3.8, 4) is 0 Å². The molecule has 9 heteroatoms. The molecule has 0 fully saturated rings. The quantitative estimate of drug-likeness (QED) is 0.468. The Labute approximate surface area is 211 Å². The minimum absolute atomic E-state index is 0.0649. The molecule has 2 amide bonds. The summed E-state index contributed by atoms with van der Waals surface area (Å²) in [6.45, 7) is 3.05. The number of carbonyl (C=O) groups is 2. The highest BCUT2D eigenvalue weighted by Gasteiger charge is 2.32. The van der Waals surface area contributed by atoms with Crippen molar-refractivity contribution in [2.75, 3.05) is 17.9 Å². The average molecular weight is 514 g/mol. The maximum Gasteiger partial charge on any atom is 0.264 e. The molecular formula is C26H28ClN3O4S. The van der Waals surface area contributed by atoms with Gasteiger partial charge in [0.05, 0.1) is 10.6 Å². The summed E-state index contributed by atoms with van der Waals surface area (Å²) in [6.07, 6.45) is 0. The summed E-state index contributed by atoms with van der Waals surface area (Å²) in [5.41, 5.74) is 1.92. The summed E-state index contributed by atoms with van der Waals surface area (Å²) in [6, 6.07) is 21.0. The third-order valence-corrected chi connectivity index (χ3v) is 7.58. The van der Waals surface area contributed by atoms with Gasteiger partial charge in [-0.15, -0.1) is 0 Å². The van der Waals surface area contributed by atoms with Crippen LogP contribution >= 0.6 is 11.6 Å². The molecule has 0 saturated carbocycles. The second-order valence-corrected chi connectivity index (χ2v) is 10.4. The van der Waals surface area contributed by atoms with Crippen LogP contribution in [-0.4, -0.2) is 44.8 Å². The van der Waals surface area contributed by atoms with Gasteiger partial charge in [0.2, 0.25) is 11.8 Å². The Balaban J connectivity index is 2.02. The van der Waals surface area contributed by atoms with Crippen LogP contribution in [0.1, 0.15) is 18.1 Å². The molecule has 0 aliphatic heterocycles. The number of likely N-dealkylation sites (N-methyl/N-ethyl adjacent to an activating group) is 1. The molecule has 0 aliphatic rings. The highest BCUT2D eigenvalue weighted by molar-refractivity contribution is 7.92. The molecule has 3 aromatic rings. The van der Waals surface area contributed by atoms with Crippen LogP contribution in [0.15, 0.2) is 83.8 Å². The van der Waals surface area contributed by atoms with Crippen molar-refractivity contribution in [2.24, 2.45) is 0 Å². The van der Waals surface area contributed by atoms with E-state index in [9.17, 15) is 18.0 Å². The van der Waals surface area contributed by atoms with Gasteiger partial charge in [0, 0.05) is 18.6 Å². The molecule has 0 saturated heterocycles. The van der Waals surface area contributed by atoms with E-state index in [1.165, 1.54) is 24.1 Å². The van der Waals surface area contributed by atoms with Gasteiger partial charge in [-0.05, 0) is 61.4 Å². The van der Waals surface area contributed by atoms with Crippen molar-refractivity contribution in [3.05, 3.63) is 95.0 Å². The molecule has 1 atom stereocenters. The molecule has 0 aliphatic carbocycles. The molecular weight excluding hydrogens is 486 g/mol. The SMILES string of the molecule is CNC(=O)C(C)N(Cc1cccc(Cl)c1)C(=O)CN(c1cccc(C)c1)S(=O)(=O)c1ccccc1. The van der Waals surface area contributed by atoms with Gasteiger partial charge >= 0.3 is 0 Å². The topological polar surface area (TPSA) is 86.8 Å². The largest absolute Gasteiger partial charge is 0.357 e. The first-order valence-corrected chi connectivity index (χ1v) is 12.8. The number of nitrogens with one attached hydrogen (secondary N) is 1. The standard InChI is InChI=1S/C26H28ClN3O4S/c1-19-9-7-12-23(15-19)30(35(33,34)24-13-5-4-6-14-24)18-25(31)29(20(2)26(32)28-3)17-21-10-8-11-22(27)16-21/h4-16,20H,17-18H2,1-3H3,(H,28,32). The van der Waals surface area contributed by atoms with Crippen LogP contribution in [0.25, 0.3) is 0 Å². The van der Waals surface area contributed by atoms with E-state index in [1.54, 1.807) is 67.6 Å². The fourth-order valence-electron chi connectivity index (χ4n) is 3.66. The van der Waals surface area contributed by atoms with Gasteiger partial charge in [0.25, 0.3) is 10.0 Å². The number of amides is 2. The van der Waals surface area contributed by atoms with Crippen LogP contribution in [0, 0.1) is 6.92 Å². The summed E-state index contributed by atoms with van der Waals surface area (Å²) in [7, 11) is -2.58. The van der Waals surface area contributed by atoms with Crippen molar-refractivity contribution in [1.82, 2.24) is 10.2 Å². The first-order chi connectivity index (χ1) is 16.6. The number of hydrogen-bond donors (Lipinski definition) is 1. The van der Waals surface area contributed by atoms with E-state index in [0.717, 1.165) is 15.4 Å². The maximum atomic E-state index is 13.6. The maximum absolute atomic E-state index is 13.6. The predicted octanol–water partition coefficient (Wildman–Crippen LogP) is 4.01. The Hall–Kier alpha value is -3.36. The number of aryl methyl sites for hydroxylation is 1. The van der Waals surface area contributed by atoms with Crippen LogP contribution in [0.5, 0.6) is 0 Å². The van der Waals surface area contributed by atoms with E-state index >= 15 is 0 Å². The van der Waals surface area contributed by atoms with Gasteiger partial charge in [0.15, 0.2) is 0 Å². The lowest BCUT2D eigenvalue weighted by Crippen LogP contribution is -2.50. The summed E-state index contributed by atoms with van der Waals surface area (Å²) < 4.78 is 28.3. The second-order valence-electron chi connectivity index (χ2n) is 8.11. The van der Waals surface area contributed by atoms with Crippen LogP contribution in [0.2, 0.25) is 5.02 Å². The second kappa shape index (κ2) is 11.4. The first kappa shape index (κ1) is 26.2. The molecule has 7 nitrogen and oxygen atoms in total. The molecule has 3 aromatic carbocycles. The molecule has 0 radical (unpaired) electrons. The zero-order valence-corrected chi connectivity index (χ0v) is 21.4. The van der Waals surface area contributed by atoms with Crippen molar-refractivity contribution in [2.45, 2.75) is 31.3 Å². The van der Waals surface area contributed by atoms with Gasteiger partial charge in [-0.2, -0.15) is 0 Å². The van der Waals surface area contributed by atoms with E-state index < -0.39 is 28.5 Å². The minimum Gasteiger partial charge on any atom is -0.357 e. The van der Waals surface area contributed by atoms with Crippen LogP contribution in [-0.2, 0) is 26.2 Å². The molecule has 1 unspecified atom stereocenters. The van der Waals surface area contributed by atoms with E-state index in [0.29, 0.717) is 10.7 Å². The van der Waals surface area contributed by atoms with Crippen molar-refractivity contribution in [1.29, 1.82) is 0 Å². The molecule has 3 rings (SSSR count). The third kappa shape index (κ3) is 6.41. The minimum atomic E-state index is -4.07. The van der Waals surface area contributed by atoms with E-state index in [-0.39, 0.29) is 17.3 Å². The fraction of sp³-hybridized carbons (Fsp3) is 0.231. The van der Waals surface area contributed by atoms with Crippen molar-refractivity contribution < 1.29 is 18.0 Å². The lowest BCUT2D eigenvalue weighted by molar-refractivity contribution is -0.139. The number of sulfonamides is 1. The normalized spacial score (nSPS) is 12.0. The molecule has 0 aromatic heterocycles. The van der Waals surface area contributed by atoms with E-state index in [4.69, 9.17) is 11.6 Å². The van der Waals surface area contributed by atoms with Gasteiger partial charge in [-0.25, -0.2) is 8.42 Å². The van der Waals surface area contributed by atoms with Gasteiger partial charge < -0.3 is 10.2 Å². The molecule has 0 bridgehead atoms. The van der Waals surface area contributed by atoms with Crippen molar-refractivity contribution in [3.63, 3.8) is 0 Å². The molecule has 184 valence electrons. The summed E-state index contributed by atoms with van der Waals surface area (Å²) in [4.78, 5) is 27.5. The van der Waals surface area contributed by atoms with Gasteiger partial charge in [-0.1, -0.05) is 54.1 Å². The van der Waals surface area contributed by atoms with Crippen LogP contribution in [0.4, 0.5) is 5.69 Å². The fourth-order valence-corrected chi connectivity index (χ4v) is 5.29. The zero-order chi connectivity index (χ0) is 25.6. The lowest BCUT2D eigenvalue weighted by atomic mass is 10.1. The number of halogens is 1. The Kier molecular flexibility index (Phi) is 8.53. The molecule has 0 spiro atoms. The average Bonchev–Trinajstić information content (AvgIpc) is 2.85. The Morgan fingerprint density at radius 2 is 1.66 bits per heavy atom. The number of benzene rings is 3. The number of hydrogen-bond acceptors (Lipinski definition) is 4. The molecule has 0 heterocycles. The van der Waals surface area contributed by atoms with Gasteiger partial charge in [0.1, 0.15) is 12.6 Å². The smallest absolute Gasteiger partial charge is 0.264 e. The highest BCUT2D eigenvalue weighted by Crippen LogP contribution is 2.25. The first-order valence-electron chi connectivity index (χ1n) is 11.0. The number of carbonyl (C=O) groups excluding carboxylic acids is 2. The summed E-state index contributed by atoms with van der Waals surface area (Å²) in [5.74, 6) is -0.893.